The number of aromatic nitrogens is 4. The molecule has 2 aliphatic rings. The molecular formula is C14H17ClN4O4. The van der Waals surface area contributed by atoms with Gasteiger partial charge in [-0.05, 0) is 20.8 Å². The van der Waals surface area contributed by atoms with E-state index in [1.807, 2.05) is 20.8 Å². The highest BCUT2D eigenvalue weighted by Gasteiger charge is 2.62. The zero-order valence-corrected chi connectivity index (χ0v) is 13.7. The average Bonchev–Trinajstić information content (AvgIpc) is 3.12. The van der Waals surface area contributed by atoms with E-state index in [1.165, 1.54) is 6.33 Å². The van der Waals surface area contributed by atoms with E-state index in [0.717, 1.165) is 0 Å². The van der Waals surface area contributed by atoms with Crippen molar-refractivity contribution in [3.8, 4) is 0 Å². The minimum atomic E-state index is -0.932. The summed E-state index contributed by atoms with van der Waals surface area (Å²) in [6.45, 7) is 5.37. The van der Waals surface area contributed by atoms with Crippen LogP contribution in [0.4, 0.5) is 0 Å². The lowest BCUT2D eigenvalue weighted by Crippen LogP contribution is -2.43. The maximum Gasteiger partial charge on any atom is 0.174 e. The van der Waals surface area contributed by atoms with Crippen molar-refractivity contribution >= 4 is 22.8 Å². The normalized spacial score (nSPS) is 35.8. The number of aliphatic hydroxyl groups excluding tert-OH is 1. The van der Waals surface area contributed by atoms with Crippen LogP contribution in [-0.2, 0) is 19.9 Å². The number of halogens is 1. The molecule has 4 atom stereocenters. The number of fused-ring (bicyclic) bond motifs is 2. The van der Waals surface area contributed by atoms with Crippen molar-refractivity contribution in [3.63, 3.8) is 0 Å². The van der Waals surface area contributed by atoms with Crippen molar-refractivity contribution in [1.29, 1.82) is 0 Å². The monoisotopic (exact) mass is 340 g/mol. The molecule has 0 bridgehead atoms. The van der Waals surface area contributed by atoms with Crippen LogP contribution < -0.4 is 0 Å². The van der Waals surface area contributed by atoms with Crippen LogP contribution in [0, 0.1) is 0 Å². The third kappa shape index (κ3) is 2.10. The predicted molar refractivity (Wildman–Crippen MR) is 79.8 cm³/mol. The van der Waals surface area contributed by atoms with Crippen LogP contribution in [-0.4, -0.2) is 55.3 Å². The predicted octanol–water partition coefficient (Wildman–Crippen LogP) is 1.06. The smallest absolute Gasteiger partial charge is 0.174 e. The average molecular weight is 341 g/mol. The summed E-state index contributed by atoms with van der Waals surface area (Å²) >= 11 is 6.07. The first kappa shape index (κ1) is 15.2. The lowest BCUT2D eigenvalue weighted by molar-refractivity contribution is -0.228. The number of hydrogen-bond acceptors (Lipinski definition) is 7. The first-order valence-corrected chi connectivity index (χ1v) is 7.72. The van der Waals surface area contributed by atoms with E-state index in [9.17, 15) is 5.11 Å². The van der Waals surface area contributed by atoms with Gasteiger partial charge in [-0.25, -0.2) is 15.0 Å². The standard InChI is InChI=1S/C14H17ClN4O4/c1-13(2)22-9-7(4-20)21-14(3,10(9)23-13)19-6-18-8-11(15)16-5-17-12(8)19/h5-7,9-10,20H,4H2,1-3H3/t7-,9-,10-,14-/m1/s1. The van der Waals surface area contributed by atoms with Crippen LogP contribution in [0.3, 0.4) is 0 Å². The molecule has 8 nitrogen and oxygen atoms in total. The topological polar surface area (TPSA) is 91.5 Å². The van der Waals surface area contributed by atoms with Gasteiger partial charge in [-0.1, -0.05) is 11.6 Å². The van der Waals surface area contributed by atoms with Crippen LogP contribution in [0.2, 0.25) is 5.15 Å². The van der Waals surface area contributed by atoms with Gasteiger partial charge in [-0.15, -0.1) is 0 Å². The molecule has 23 heavy (non-hydrogen) atoms. The van der Waals surface area contributed by atoms with Gasteiger partial charge in [0.25, 0.3) is 0 Å². The molecule has 4 heterocycles. The van der Waals surface area contributed by atoms with E-state index >= 15 is 0 Å². The Kier molecular flexibility index (Phi) is 3.20. The summed E-state index contributed by atoms with van der Waals surface area (Å²) in [7, 11) is 0. The molecule has 0 spiro atoms. The molecule has 2 fully saturated rings. The molecule has 124 valence electrons. The number of ether oxygens (including phenoxy) is 3. The second-order valence-electron chi connectivity index (χ2n) is 6.37. The second-order valence-corrected chi connectivity index (χ2v) is 6.72. The summed E-state index contributed by atoms with van der Waals surface area (Å²) in [6, 6.07) is 0. The largest absolute Gasteiger partial charge is 0.394 e. The van der Waals surface area contributed by atoms with E-state index in [-0.39, 0.29) is 17.9 Å². The lowest BCUT2D eigenvalue weighted by atomic mass is 10.0. The second kappa shape index (κ2) is 4.84. The molecule has 0 radical (unpaired) electrons. The number of imidazole rings is 1. The zero-order valence-electron chi connectivity index (χ0n) is 12.9. The van der Waals surface area contributed by atoms with Crippen molar-refractivity contribution in [2.45, 2.75) is 50.6 Å². The fourth-order valence-corrected chi connectivity index (χ4v) is 3.56. The quantitative estimate of drug-likeness (QED) is 0.817. The number of nitrogens with zero attached hydrogens (tertiary/aromatic N) is 4. The zero-order chi connectivity index (χ0) is 16.4. The molecular weight excluding hydrogens is 324 g/mol. The van der Waals surface area contributed by atoms with Gasteiger partial charge in [0.05, 0.1) is 12.9 Å². The maximum absolute atomic E-state index is 9.64. The van der Waals surface area contributed by atoms with Crippen LogP contribution in [0.5, 0.6) is 0 Å². The lowest BCUT2D eigenvalue weighted by Gasteiger charge is -2.32. The molecule has 1 N–H and O–H groups in total. The summed E-state index contributed by atoms with van der Waals surface area (Å²) < 4.78 is 19.8. The van der Waals surface area contributed by atoms with Crippen molar-refractivity contribution in [2.24, 2.45) is 0 Å². The Morgan fingerprint density at radius 2 is 2.00 bits per heavy atom. The van der Waals surface area contributed by atoms with E-state index in [4.69, 9.17) is 25.8 Å². The highest BCUT2D eigenvalue weighted by Crippen LogP contribution is 2.47. The number of aliphatic hydroxyl groups is 1. The van der Waals surface area contributed by atoms with Crippen molar-refractivity contribution in [1.82, 2.24) is 19.5 Å². The van der Waals surface area contributed by atoms with Crippen LogP contribution in [0.15, 0.2) is 12.7 Å². The Labute approximate surface area is 137 Å². The maximum atomic E-state index is 9.64. The van der Waals surface area contributed by atoms with E-state index in [0.29, 0.717) is 11.2 Å². The van der Waals surface area contributed by atoms with Gasteiger partial charge in [-0.3, -0.25) is 4.57 Å². The summed E-state index contributed by atoms with van der Waals surface area (Å²) in [5.74, 6) is -0.753. The summed E-state index contributed by atoms with van der Waals surface area (Å²) in [5, 5.41) is 9.91. The van der Waals surface area contributed by atoms with E-state index in [2.05, 4.69) is 15.0 Å². The Hall–Kier alpha value is -1.32. The third-order valence-electron chi connectivity index (χ3n) is 4.36. The van der Waals surface area contributed by atoms with Gasteiger partial charge in [0, 0.05) is 0 Å². The Morgan fingerprint density at radius 3 is 2.74 bits per heavy atom. The number of hydrogen-bond donors (Lipinski definition) is 1. The minimum absolute atomic E-state index is 0.168. The molecule has 0 amide bonds. The van der Waals surface area contributed by atoms with Gasteiger partial charge in [-0.2, -0.15) is 0 Å². The summed E-state index contributed by atoms with van der Waals surface area (Å²) in [4.78, 5) is 12.5. The van der Waals surface area contributed by atoms with Crippen molar-refractivity contribution in [3.05, 3.63) is 17.8 Å². The molecule has 9 heteroatoms. The first-order valence-electron chi connectivity index (χ1n) is 7.34. The molecule has 4 rings (SSSR count). The SMILES string of the molecule is CC1(C)O[C@H]2[C@@H](O1)[C@](C)(n1cnc3c(Cl)ncnc31)O[C@@H]2CO. The van der Waals surface area contributed by atoms with Gasteiger partial charge >= 0.3 is 0 Å². The minimum Gasteiger partial charge on any atom is -0.394 e. The molecule has 2 saturated heterocycles. The Bertz CT molecular complexity index is 766. The van der Waals surface area contributed by atoms with Crippen LogP contribution >= 0.6 is 11.6 Å². The fraction of sp³-hybridized carbons (Fsp3) is 0.643. The summed E-state index contributed by atoms with van der Waals surface area (Å²) in [5.41, 5.74) is 0.0949. The Morgan fingerprint density at radius 1 is 1.22 bits per heavy atom. The van der Waals surface area contributed by atoms with E-state index < -0.39 is 23.7 Å². The number of rotatable bonds is 2. The molecule has 0 aromatic carbocycles. The van der Waals surface area contributed by atoms with E-state index in [1.54, 1.807) is 10.9 Å². The first-order chi connectivity index (χ1) is 10.9. The van der Waals surface area contributed by atoms with Crippen LogP contribution in [0.1, 0.15) is 20.8 Å². The van der Waals surface area contributed by atoms with Gasteiger partial charge in [0.2, 0.25) is 0 Å². The Balaban J connectivity index is 1.84. The van der Waals surface area contributed by atoms with Crippen molar-refractivity contribution < 1.29 is 19.3 Å². The fourth-order valence-electron chi connectivity index (χ4n) is 3.38. The third-order valence-corrected chi connectivity index (χ3v) is 4.64. The van der Waals surface area contributed by atoms with Gasteiger partial charge < -0.3 is 19.3 Å². The highest BCUT2D eigenvalue weighted by molar-refractivity contribution is 6.33. The summed E-state index contributed by atoms with van der Waals surface area (Å²) in [6.07, 6.45) is 1.67. The molecule has 0 aliphatic carbocycles. The molecule has 0 unspecified atom stereocenters. The van der Waals surface area contributed by atoms with Crippen LogP contribution in [0.25, 0.3) is 11.2 Å². The van der Waals surface area contributed by atoms with Gasteiger partial charge in [0.15, 0.2) is 22.3 Å². The molecule has 2 aromatic rings. The van der Waals surface area contributed by atoms with Crippen molar-refractivity contribution in [2.75, 3.05) is 6.61 Å². The van der Waals surface area contributed by atoms with Gasteiger partial charge in [0.1, 0.15) is 30.2 Å². The molecule has 2 aromatic heterocycles. The molecule has 2 aliphatic heterocycles. The molecule has 0 saturated carbocycles. The highest BCUT2D eigenvalue weighted by atomic mass is 35.5.